The Hall–Kier alpha value is -3.65. The fourth-order valence-corrected chi connectivity index (χ4v) is 2.83. The summed E-state index contributed by atoms with van der Waals surface area (Å²) in [5.74, 6) is -0.768. The molecule has 8 nitrogen and oxygen atoms in total. The number of aromatic nitrogens is 2. The van der Waals surface area contributed by atoms with Crippen LogP contribution >= 0.6 is 0 Å². The molecule has 0 radical (unpaired) electrons. The average molecular weight is 363 g/mol. The highest BCUT2D eigenvalue weighted by Crippen LogP contribution is 2.18. The lowest BCUT2D eigenvalue weighted by atomic mass is 10.2. The minimum Gasteiger partial charge on any atom is -0.478 e. The zero-order chi connectivity index (χ0) is 18.8. The minimum absolute atomic E-state index is 0.166. The van der Waals surface area contributed by atoms with Gasteiger partial charge in [0.1, 0.15) is 0 Å². The molecule has 0 spiro atoms. The molecule has 0 amide bonds. The van der Waals surface area contributed by atoms with Gasteiger partial charge in [0.05, 0.1) is 16.5 Å². The molecule has 8 heteroatoms. The van der Waals surface area contributed by atoms with Gasteiger partial charge in [-0.2, -0.15) is 0 Å². The first-order valence-corrected chi connectivity index (χ1v) is 8.39. The van der Waals surface area contributed by atoms with E-state index in [0.29, 0.717) is 17.4 Å². The van der Waals surface area contributed by atoms with E-state index >= 15 is 0 Å². The van der Waals surface area contributed by atoms with Crippen LogP contribution in [0.15, 0.2) is 65.1 Å². The van der Waals surface area contributed by atoms with Crippen molar-refractivity contribution < 1.29 is 9.90 Å². The van der Waals surface area contributed by atoms with Crippen LogP contribution in [-0.4, -0.2) is 27.6 Å². The van der Waals surface area contributed by atoms with E-state index in [1.807, 2.05) is 36.4 Å². The van der Waals surface area contributed by atoms with Gasteiger partial charge in [0.15, 0.2) is 0 Å². The summed E-state index contributed by atoms with van der Waals surface area (Å²) < 4.78 is 0. The highest BCUT2D eigenvalue weighted by atomic mass is 16.4. The first-order valence-electron chi connectivity index (χ1n) is 8.39. The van der Waals surface area contributed by atoms with Crippen LogP contribution in [0.2, 0.25) is 0 Å². The van der Waals surface area contributed by atoms with E-state index in [1.165, 1.54) is 11.2 Å². The minimum atomic E-state index is -1.01. The highest BCUT2D eigenvalue weighted by molar-refractivity contribution is 5.88. The molecule has 2 heterocycles. The molecular formula is C19H17N5O3. The summed E-state index contributed by atoms with van der Waals surface area (Å²) in [6.07, 6.45) is 1.40. The van der Waals surface area contributed by atoms with Gasteiger partial charge in [-0.15, -0.1) is 0 Å². The van der Waals surface area contributed by atoms with Crippen molar-refractivity contribution >= 4 is 28.5 Å². The van der Waals surface area contributed by atoms with Crippen LogP contribution in [0.5, 0.6) is 0 Å². The van der Waals surface area contributed by atoms with Gasteiger partial charge < -0.3 is 10.4 Å². The molecule has 4 rings (SSSR count). The van der Waals surface area contributed by atoms with Crippen LogP contribution in [0.1, 0.15) is 5.56 Å². The zero-order valence-corrected chi connectivity index (χ0v) is 14.3. The molecule has 3 aromatic rings. The lowest BCUT2D eigenvalue weighted by molar-refractivity contribution is -0.132. The van der Waals surface area contributed by atoms with Crippen molar-refractivity contribution in [2.45, 2.75) is 6.54 Å². The fraction of sp³-hybridized carbons (Fsp3) is 0.105. The molecule has 1 aromatic heterocycles. The van der Waals surface area contributed by atoms with Gasteiger partial charge in [-0.1, -0.05) is 30.3 Å². The van der Waals surface area contributed by atoms with Crippen LogP contribution in [0.3, 0.4) is 0 Å². The number of hydrazine groups is 1. The van der Waals surface area contributed by atoms with Crippen LogP contribution in [0.4, 0.5) is 11.6 Å². The second-order valence-corrected chi connectivity index (χ2v) is 6.12. The molecular weight excluding hydrogens is 346 g/mol. The molecule has 4 N–H and O–H groups in total. The Morgan fingerprint density at radius 2 is 2.04 bits per heavy atom. The van der Waals surface area contributed by atoms with Gasteiger partial charge in [0.2, 0.25) is 5.95 Å². The van der Waals surface area contributed by atoms with Crippen molar-refractivity contribution in [1.29, 1.82) is 0 Å². The molecule has 1 aliphatic heterocycles. The quantitative estimate of drug-likeness (QED) is 0.547. The SMILES string of the molecule is O=C(O)C1=CN(c2nc3ccc(NCc4ccccc4)cc3c(=O)[nH]2)NC1. The number of anilines is 2. The summed E-state index contributed by atoms with van der Waals surface area (Å²) in [5, 5.41) is 14.2. The summed E-state index contributed by atoms with van der Waals surface area (Å²) in [6, 6.07) is 15.3. The van der Waals surface area contributed by atoms with E-state index in [0.717, 1.165) is 11.3 Å². The van der Waals surface area contributed by atoms with E-state index in [-0.39, 0.29) is 23.6 Å². The Kier molecular flexibility index (Phi) is 4.31. The Morgan fingerprint density at radius 1 is 1.22 bits per heavy atom. The number of carbonyl (C=O) groups is 1. The second-order valence-electron chi connectivity index (χ2n) is 6.12. The summed E-state index contributed by atoms with van der Waals surface area (Å²) in [6.45, 7) is 0.815. The van der Waals surface area contributed by atoms with Crippen LogP contribution in [-0.2, 0) is 11.3 Å². The van der Waals surface area contributed by atoms with Crippen LogP contribution in [0, 0.1) is 0 Å². The van der Waals surface area contributed by atoms with E-state index in [4.69, 9.17) is 5.11 Å². The number of hydrogen-bond acceptors (Lipinski definition) is 6. The summed E-state index contributed by atoms with van der Waals surface area (Å²) in [7, 11) is 0. The summed E-state index contributed by atoms with van der Waals surface area (Å²) in [5.41, 5.74) is 5.24. The van der Waals surface area contributed by atoms with Crippen molar-refractivity contribution in [3.8, 4) is 0 Å². The molecule has 0 saturated carbocycles. The number of carboxylic acids is 1. The maximum absolute atomic E-state index is 12.5. The molecule has 0 fully saturated rings. The van der Waals surface area contributed by atoms with Crippen molar-refractivity contribution in [3.63, 3.8) is 0 Å². The molecule has 27 heavy (non-hydrogen) atoms. The van der Waals surface area contributed by atoms with Gasteiger partial charge in [0, 0.05) is 25.0 Å². The van der Waals surface area contributed by atoms with Gasteiger partial charge in [0.25, 0.3) is 5.56 Å². The number of nitrogens with zero attached hydrogens (tertiary/aromatic N) is 2. The first-order chi connectivity index (χ1) is 13.1. The van der Waals surface area contributed by atoms with Crippen molar-refractivity contribution in [2.24, 2.45) is 0 Å². The number of hydrogen-bond donors (Lipinski definition) is 4. The van der Waals surface area contributed by atoms with E-state index < -0.39 is 5.97 Å². The van der Waals surface area contributed by atoms with Crippen LogP contribution in [0.25, 0.3) is 10.9 Å². The number of nitrogens with one attached hydrogen (secondary N) is 3. The molecule has 1 aliphatic rings. The Labute approximate surface area is 154 Å². The monoisotopic (exact) mass is 363 g/mol. The molecule has 2 aromatic carbocycles. The Balaban J connectivity index is 1.59. The number of rotatable bonds is 5. The normalized spacial score (nSPS) is 13.6. The lowest BCUT2D eigenvalue weighted by Gasteiger charge is -2.14. The van der Waals surface area contributed by atoms with E-state index in [2.05, 4.69) is 20.7 Å². The molecule has 0 bridgehead atoms. The zero-order valence-electron chi connectivity index (χ0n) is 14.3. The maximum atomic E-state index is 12.5. The highest BCUT2D eigenvalue weighted by Gasteiger charge is 2.20. The topological polar surface area (TPSA) is 110 Å². The third kappa shape index (κ3) is 3.51. The number of aromatic amines is 1. The Bertz CT molecular complexity index is 1090. The second kappa shape index (κ2) is 6.93. The number of carboxylic acid groups (broad SMARTS) is 1. The summed E-state index contributed by atoms with van der Waals surface area (Å²) >= 11 is 0. The van der Waals surface area contributed by atoms with Crippen molar-refractivity contribution in [3.05, 3.63) is 76.2 Å². The smallest absolute Gasteiger partial charge is 0.334 e. The average Bonchev–Trinajstić information content (AvgIpc) is 3.18. The first kappa shape index (κ1) is 16.8. The predicted molar refractivity (Wildman–Crippen MR) is 102 cm³/mol. The maximum Gasteiger partial charge on any atom is 0.334 e. The number of benzene rings is 2. The Morgan fingerprint density at radius 3 is 2.78 bits per heavy atom. The van der Waals surface area contributed by atoms with Gasteiger partial charge >= 0.3 is 5.97 Å². The molecule has 0 aliphatic carbocycles. The third-order valence-corrected chi connectivity index (χ3v) is 4.26. The van der Waals surface area contributed by atoms with E-state index in [9.17, 15) is 9.59 Å². The summed E-state index contributed by atoms with van der Waals surface area (Å²) in [4.78, 5) is 30.6. The van der Waals surface area contributed by atoms with Crippen LogP contribution < -0.4 is 21.3 Å². The van der Waals surface area contributed by atoms with E-state index in [1.54, 1.807) is 12.1 Å². The standard InChI is InChI=1S/C19H17N5O3/c25-17-15-8-14(20-9-12-4-2-1-3-5-12)6-7-16(15)22-19(23-17)24-11-13(10-21-24)18(26)27/h1-8,11,20-21H,9-10H2,(H,26,27)(H,22,23,25). The largest absolute Gasteiger partial charge is 0.478 e. The van der Waals surface area contributed by atoms with Crippen molar-refractivity contribution in [2.75, 3.05) is 16.9 Å². The predicted octanol–water partition coefficient (Wildman–Crippen LogP) is 1.83. The van der Waals surface area contributed by atoms with Crippen molar-refractivity contribution in [1.82, 2.24) is 15.4 Å². The number of fused-ring (bicyclic) bond motifs is 1. The van der Waals surface area contributed by atoms with Gasteiger partial charge in [-0.05, 0) is 23.8 Å². The van der Waals surface area contributed by atoms with Gasteiger partial charge in [-0.3, -0.25) is 14.8 Å². The third-order valence-electron chi connectivity index (χ3n) is 4.26. The molecule has 0 atom stereocenters. The fourth-order valence-electron chi connectivity index (χ4n) is 2.83. The number of aliphatic carboxylic acids is 1. The number of H-pyrrole nitrogens is 1. The van der Waals surface area contributed by atoms with Gasteiger partial charge in [-0.25, -0.2) is 15.2 Å². The molecule has 0 saturated heterocycles. The molecule has 136 valence electrons. The molecule has 0 unspecified atom stereocenters. The lowest BCUT2D eigenvalue weighted by Crippen LogP contribution is -2.31.